The zero-order chi connectivity index (χ0) is 9.90. The predicted molar refractivity (Wildman–Crippen MR) is 49.6 cm³/mol. The zero-order valence-corrected chi connectivity index (χ0v) is 11.4. The van der Waals surface area contributed by atoms with Gasteiger partial charge in [-0.25, -0.2) is 0 Å². The van der Waals surface area contributed by atoms with Crippen LogP contribution in [0.5, 0.6) is 0 Å². The molecule has 0 unspecified atom stereocenters. The Balaban J connectivity index is 0.00000169. The van der Waals surface area contributed by atoms with Gasteiger partial charge < -0.3 is 12.9 Å². The average molecular weight is 244 g/mol. The molecule has 0 aliphatic rings. The summed E-state index contributed by atoms with van der Waals surface area (Å²) in [5.74, 6) is 0.253. The van der Waals surface area contributed by atoms with E-state index in [-0.39, 0.29) is 57.4 Å². The first kappa shape index (κ1) is 14.7. The van der Waals surface area contributed by atoms with E-state index < -0.39 is 6.98 Å². The van der Waals surface area contributed by atoms with E-state index in [0.717, 1.165) is 6.08 Å². The number of benzene rings is 1. The van der Waals surface area contributed by atoms with Crippen LogP contribution in [0.25, 0.3) is 6.08 Å². The van der Waals surface area contributed by atoms with Crippen molar-refractivity contribution >= 4 is 24.7 Å². The fraction of sp³-hybridized carbons (Fsp3) is 0. The molecular formula is C8H6BClF3K. The molecule has 1 rings (SSSR count). The van der Waals surface area contributed by atoms with Crippen molar-refractivity contribution in [1.29, 1.82) is 0 Å². The third-order valence-corrected chi connectivity index (χ3v) is 1.63. The first-order valence-corrected chi connectivity index (χ1v) is 4.00. The van der Waals surface area contributed by atoms with Gasteiger partial charge in [-0.3, -0.25) is 0 Å². The van der Waals surface area contributed by atoms with Crippen LogP contribution in [0, 0.1) is 0 Å². The second kappa shape index (κ2) is 6.35. The fourth-order valence-corrected chi connectivity index (χ4v) is 0.920. The minimum absolute atomic E-state index is 0. The monoisotopic (exact) mass is 244 g/mol. The number of hydrogen-bond donors (Lipinski definition) is 0. The van der Waals surface area contributed by atoms with E-state index in [1.54, 1.807) is 12.1 Å². The van der Waals surface area contributed by atoms with Crippen LogP contribution < -0.4 is 51.4 Å². The maximum atomic E-state index is 11.8. The standard InChI is InChI=1S/C8H6BClF3.K/c10-8-3-1-7(2-4-8)5-6-9(11,12)13;/h1-6H;/q-1;+1/b6-5+;. The van der Waals surface area contributed by atoms with Crippen LogP contribution in [0.15, 0.2) is 30.2 Å². The minimum Gasteiger partial charge on any atom is -0.445 e. The van der Waals surface area contributed by atoms with Gasteiger partial charge in [0.25, 0.3) is 0 Å². The van der Waals surface area contributed by atoms with Gasteiger partial charge in [0.1, 0.15) is 0 Å². The molecule has 70 valence electrons. The van der Waals surface area contributed by atoms with Gasteiger partial charge in [-0.05, 0) is 17.7 Å². The molecule has 0 N–H and O–H groups in total. The summed E-state index contributed by atoms with van der Waals surface area (Å²) in [6.07, 6.45) is 1.02. The minimum atomic E-state index is -4.85. The Bertz CT molecular complexity index is 307. The largest absolute Gasteiger partial charge is 1.00 e. The van der Waals surface area contributed by atoms with E-state index in [4.69, 9.17) is 11.6 Å². The Morgan fingerprint density at radius 2 is 1.57 bits per heavy atom. The molecule has 0 amide bonds. The summed E-state index contributed by atoms with van der Waals surface area (Å²) in [5.41, 5.74) is 0.489. The smallest absolute Gasteiger partial charge is 0.445 e. The van der Waals surface area contributed by atoms with Gasteiger partial charge in [0.15, 0.2) is 0 Å². The van der Waals surface area contributed by atoms with E-state index in [2.05, 4.69) is 0 Å². The topological polar surface area (TPSA) is 0 Å². The SMILES string of the molecule is F[B-](F)(F)/C=C/c1ccc(Cl)cc1.[K+]. The summed E-state index contributed by atoms with van der Waals surface area (Å²) in [6, 6.07) is 6.15. The molecule has 0 bridgehead atoms. The van der Waals surface area contributed by atoms with Gasteiger partial charge in [0.2, 0.25) is 0 Å². The Kier molecular flexibility index (Phi) is 6.69. The quantitative estimate of drug-likeness (QED) is 0.674. The van der Waals surface area contributed by atoms with Crippen LogP contribution in [0.2, 0.25) is 5.02 Å². The molecule has 0 aromatic heterocycles. The van der Waals surface area contributed by atoms with Crippen LogP contribution in [0.4, 0.5) is 12.9 Å². The summed E-state index contributed by atoms with van der Waals surface area (Å²) >= 11 is 5.56. The molecule has 1 aromatic carbocycles. The Labute approximate surface area is 128 Å². The van der Waals surface area contributed by atoms with E-state index in [0.29, 0.717) is 10.6 Å². The first-order chi connectivity index (χ1) is 5.97. The molecule has 0 spiro atoms. The molecule has 6 heteroatoms. The van der Waals surface area contributed by atoms with Crippen molar-refractivity contribution in [3.05, 3.63) is 40.8 Å². The summed E-state index contributed by atoms with van der Waals surface area (Å²) in [5, 5.41) is 0.509. The van der Waals surface area contributed by atoms with Crippen LogP contribution in [-0.4, -0.2) is 6.98 Å². The van der Waals surface area contributed by atoms with Crippen molar-refractivity contribution in [2.24, 2.45) is 0 Å². The van der Waals surface area contributed by atoms with Gasteiger partial charge in [0.05, 0.1) is 0 Å². The van der Waals surface area contributed by atoms with Gasteiger partial charge in [-0.15, -0.1) is 5.98 Å². The molecule has 0 aliphatic carbocycles. The van der Waals surface area contributed by atoms with Crippen LogP contribution in [-0.2, 0) is 0 Å². The van der Waals surface area contributed by atoms with E-state index >= 15 is 0 Å². The van der Waals surface area contributed by atoms with E-state index in [1.807, 2.05) is 0 Å². The van der Waals surface area contributed by atoms with Crippen molar-refractivity contribution in [3.8, 4) is 0 Å². The molecule has 0 saturated carbocycles. The fourth-order valence-electron chi connectivity index (χ4n) is 0.794. The number of rotatable bonds is 2. The third-order valence-electron chi connectivity index (χ3n) is 1.38. The molecule has 1 aromatic rings. The molecule has 0 saturated heterocycles. The van der Waals surface area contributed by atoms with Crippen molar-refractivity contribution in [2.75, 3.05) is 0 Å². The normalized spacial score (nSPS) is 11.4. The van der Waals surface area contributed by atoms with Crippen molar-refractivity contribution in [1.82, 2.24) is 0 Å². The Hall–Kier alpha value is 0.741. The summed E-state index contributed by atoms with van der Waals surface area (Å²) < 4.78 is 35.3. The molecule has 0 atom stereocenters. The Morgan fingerprint density at radius 3 is 2.00 bits per heavy atom. The van der Waals surface area contributed by atoms with Gasteiger partial charge >= 0.3 is 58.4 Å². The molecule has 0 nitrogen and oxygen atoms in total. The van der Waals surface area contributed by atoms with Crippen LogP contribution >= 0.6 is 11.6 Å². The molecule has 0 aliphatic heterocycles. The number of hydrogen-bond acceptors (Lipinski definition) is 0. The zero-order valence-electron chi connectivity index (χ0n) is 7.55. The van der Waals surface area contributed by atoms with Gasteiger partial charge in [-0.1, -0.05) is 29.8 Å². The van der Waals surface area contributed by atoms with Crippen LogP contribution in [0.1, 0.15) is 5.56 Å². The maximum Gasteiger partial charge on any atom is 1.00 e. The number of halogens is 4. The Morgan fingerprint density at radius 1 is 1.07 bits per heavy atom. The molecule has 0 fully saturated rings. The van der Waals surface area contributed by atoms with Crippen molar-refractivity contribution in [2.45, 2.75) is 0 Å². The second-order valence-electron chi connectivity index (χ2n) is 2.54. The first-order valence-electron chi connectivity index (χ1n) is 3.62. The van der Waals surface area contributed by atoms with Gasteiger partial charge in [0, 0.05) is 5.02 Å². The second-order valence-corrected chi connectivity index (χ2v) is 2.97. The molecule has 0 radical (unpaired) electrons. The van der Waals surface area contributed by atoms with E-state index in [1.165, 1.54) is 12.1 Å². The summed E-state index contributed by atoms with van der Waals surface area (Å²) in [6.45, 7) is -4.85. The summed E-state index contributed by atoms with van der Waals surface area (Å²) in [7, 11) is 0. The molecular weight excluding hydrogens is 238 g/mol. The summed E-state index contributed by atoms with van der Waals surface area (Å²) in [4.78, 5) is 0. The van der Waals surface area contributed by atoms with E-state index in [9.17, 15) is 12.9 Å². The third kappa shape index (κ3) is 6.27. The van der Waals surface area contributed by atoms with Gasteiger partial charge in [-0.2, -0.15) is 0 Å². The average Bonchev–Trinajstić information content (AvgIpc) is 2.02. The van der Waals surface area contributed by atoms with Crippen LogP contribution in [0.3, 0.4) is 0 Å². The predicted octanol–water partition coefficient (Wildman–Crippen LogP) is 0.744. The maximum absolute atomic E-state index is 11.8. The van der Waals surface area contributed by atoms with Crippen molar-refractivity contribution in [3.63, 3.8) is 0 Å². The molecule has 0 heterocycles. The van der Waals surface area contributed by atoms with Crippen molar-refractivity contribution < 1.29 is 64.3 Å². The molecule has 14 heavy (non-hydrogen) atoms.